The first kappa shape index (κ1) is 19.8. The number of hydrogen-bond donors (Lipinski definition) is 2. The number of hydrazone groups is 1. The fourth-order valence-electron chi connectivity index (χ4n) is 2.55. The van der Waals surface area contributed by atoms with Gasteiger partial charge in [-0.3, -0.25) is 4.79 Å². The number of anilines is 2. The Kier molecular flexibility index (Phi) is 7.48. The standard InChI is InChI=1S/C20H25ClN4O/c1-4-25(5-2)17-11-9-16(10-12-17)13-23-24-20(26)14-22-19-8-6-7-18(21)15(19)3/h6-13,22H,4-5,14H2,1-3H3,(H,24,26)/b23-13-. The summed E-state index contributed by atoms with van der Waals surface area (Å²) in [7, 11) is 0. The summed E-state index contributed by atoms with van der Waals surface area (Å²) >= 11 is 6.06. The molecule has 0 aliphatic rings. The quantitative estimate of drug-likeness (QED) is 0.542. The first-order valence-electron chi connectivity index (χ1n) is 8.71. The van der Waals surface area contributed by atoms with Gasteiger partial charge in [-0.1, -0.05) is 29.8 Å². The van der Waals surface area contributed by atoms with Gasteiger partial charge in [-0.2, -0.15) is 5.10 Å². The fraction of sp³-hybridized carbons (Fsp3) is 0.300. The van der Waals surface area contributed by atoms with Gasteiger partial charge in [0.05, 0.1) is 12.8 Å². The van der Waals surface area contributed by atoms with E-state index in [-0.39, 0.29) is 12.5 Å². The second kappa shape index (κ2) is 9.82. The van der Waals surface area contributed by atoms with Crippen molar-refractivity contribution < 1.29 is 4.79 Å². The van der Waals surface area contributed by atoms with Crippen LogP contribution in [0.4, 0.5) is 11.4 Å². The van der Waals surface area contributed by atoms with E-state index in [9.17, 15) is 4.79 Å². The highest BCUT2D eigenvalue weighted by Crippen LogP contribution is 2.22. The van der Waals surface area contributed by atoms with Crippen molar-refractivity contribution in [3.8, 4) is 0 Å². The summed E-state index contributed by atoms with van der Waals surface area (Å²) in [6, 6.07) is 13.6. The average molecular weight is 373 g/mol. The molecule has 0 aliphatic heterocycles. The maximum absolute atomic E-state index is 11.9. The molecule has 0 saturated heterocycles. The van der Waals surface area contributed by atoms with Gasteiger partial charge < -0.3 is 10.2 Å². The van der Waals surface area contributed by atoms with Gasteiger partial charge in [0.25, 0.3) is 5.91 Å². The number of carbonyl (C=O) groups excluding carboxylic acids is 1. The lowest BCUT2D eigenvalue weighted by Gasteiger charge is -2.20. The smallest absolute Gasteiger partial charge is 0.259 e. The first-order chi connectivity index (χ1) is 12.5. The second-order valence-corrected chi connectivity index (χ2v) is 6.23. The van der Waals surface area contributed by atoms with Crippen molar-refractivity contribution in [3.63, 3.8) is 0 Å². The van der Waals surface area contributed by atoms with Crippen LogP contribution < -0.4 is 15.6 Å². The van der Waals surface area contributed by atoms with Gasteiger partial charge in [-0.15, -0.1) is 0 Å². The number of nitrogens with one attached hydrogen (secondary N) is 2. The Balaban J connectivity index is 1.84. The molecular weight excluding hydrogens is 348 g/mol. The van der Waals surface area contributed by atoms with E-state index in [2.05, 4.69) is 46.7 Å². The van der Waals surface area contributed by atoms with E-state index < -0.39 is 0 Å². The minimum Gasteiger partial charge on any atom is -0.376 e. The highest BCUT2D eigenvalue weighted by molar-refractivity contribution is 6.31. The van der Waals surface area contributed by atoms with Crippen molar-refractivity contribution in [1.29, 1.82) is 0 Å². The molecule has 26 heavy (non-hydrogen) atoms. The van der Waals surface area contributed by atoms with Gasteiger partial charge in [-0.05, 0) is 56.2 Å². The van der Waals surface area contributed by atoms with Crippen LogP contribution in [-0.2, 0) is 4.79 Å². The van der Waals surface area contributed by atoms with E-state index in [1.165, 1.54) is 5.69 Å². The third-order valence-electron chi connectivity index (χ3n) is 4.13. The number of halogens is 1. The van der Waals surface area contributed by atoms with Crippen molar-refractivity contribution in [3.05, 3.63) is 58.6 Å². The highest BCUT2D eigenvalue weighted by Gasteiger charge is 2.04. The third kappa shape index (κ3) is 5.49. The topological polar surface area (TPSA) is 56.7 Å². The molecule has 2 aromatic rings. The lowest BCUT2D eigenvalue weighted by molar-refractivity contribution is -0.119. The summed E-state index contributed by atoms with van der Waals surface area (Å²) in [5.74, 6) is -0.222. The molecule has 0 aromatic heterocycles. The molecule has 2 rings (SSSR count). The van der Waals surface area contributed by atoms with Crippen molar-refractivity contribution >= 4 is 35.1 Å². The summed E-state index contributed by atoms with van der Waals surface area (Å²) in [6.07, 6.45) is 1.63. The number of hydrogen-bond acceptors (Lipinski definition) is 4. The lowest BCUT2D eigenvalue weighted by atomic mass is 10.2. The zero-order chi connectivity index (χ0) is 18.9. The molecule has 138 valence electrons. The van der Waals surface area contributed by atoms with E-state index >= 15 is 0 Å². The predicted molar refractivity (Wildman–Crippen MR) is 110 cm³/mol. The van der Waals surface area contributed by atoms with E-state index in [0.717, 1.165) is 29.9 Å². The van der Waals surface area contributed by atoms with Gasteiger partial charge in [0.1, 0.15) is 0 Å². The van der Waals surface area contributed by atoms with Gasteiger partial charge >= 0.3 is 0 Å². The van der Waals surface area contributed by atoms with Crippen LogP contribution in [0, 0.1) is 6.92 Å². The average Bonchev–Trinajstić information content (AvgIpc) is 2.65. The Morgan fingerprint density at radius 3 is 2.50 bits per heavy atom. The molecule has 2 aromatic carbocycles. The molecule has 6 heteroatoms. The first-order valence-corrected chi connectivity index (χ1v) is 9.08. The molecule has 5 nitrogen and oxygen atoms in total. The number of amides is 1. The Labute approximate surface area is 160 Å². The molecule has 0 fully saturated rings. The lowest BCUT2D eigenvalue weighted by Crippen LogP contribution is -2.26. The Bertz CT molecular complexity index is 755. The van der Waals surface area contributed by atoms with E-state index in [4.69, 9.17) is 11.6 Å². The van der Waals surface area contributed by atoms with Crippen LogP contribution >= 0.6 is 11.6 Å². The van der Waals surface area contributed by atoms with Crippen molar-refractivity contribution in [2.45, 2.75) is 20.8 Å². The summed E-state index contributed by atoms with van der Waals surface area (Å²) in [5.41, 5.74) is 6.38. The molecule has 0 bridgehead atoms. The van der Waals surface area contributed by atoms with Crippen molar-refractivity contribution in [1.82, 2.24) is 5.43 Å². The SMILES string of the molecule is CCN(CC)c1ccc(/C=N\NC(=O)CNc2cccc(Cl)c2C)cc1. The summed E-state index contributed by atoms with van der Waals surface area (Å²) in [6.45, 7) is 8.24. The zero-order valence-corrected chi connectivity index (χ0v) is 16.2. The Hall–Kier alpha value is -2.53. The van der Waals surface area contributed by atoms with Crippen molar-refractivity contribution in [2.24, 2.45) is 5.10 Å². The number of nitrogens with zero attached hydrogens (tertiary/aromatic N) is 2. The van der Waals surface area contributed by atoms with Crippen LogP contribution in [0.5, 0.6) is 0 Å². The largest absolute Gasteiger partial charge is 0.376 e. The summed E-state index contributed by atoms with van der Waals surface area (Å²) < 4.78 is 0. The summed E-state index contributed by atoms with van der Waals surface area (Å²) in [4.78, 5) is 14.2. The number of carbonyl (C=O) groups is 1. The van der Waals surface area contributed by atoms with Gasteiger partial charge in [0.15, 0.2) is 0 Å². The molecular formula is C20H25ClN4O. The van der Waals surface area contributed by atoms with Crippen molar-refractivity contribution in [2.75, 3.05) is 29.9 Å². The Morgan fingerprint density at radius 2 is 1.85 bits per heavy atom. The zero-order valence-electron chi connectivity index (χ0n) is 15.4. The molecule has 0 radical (unpaired) electrons. The van der Waals surface area contributed by atoms with Gasteiger partial charge in [0, 0.05) is 29.5 Å². The molecule has 0 aliphatic carbocycles. The molecule has 2 N–H and O–H groups in total. The number of rotatable bonds is 8. The molecule has 0 heterocycles. The molecule has 0 saturated carbocycles. The highest BCUT2D eigenvalue weighted by atomic mass is 35.5. The van der Waals surface area contributed by atoms with E-state index in [0.29, 0.717) is 5.02 Å². The van der Waals surface area contributed by atoms with E-state index in [1.807, 2.05) is 37.3 Å². The van der Waals surface area contributed by atoms with Gasteiger partial charge in [0.2, 0.25) is 0 Å². The fourth-order valence-corrected chi connectivity index (χ4v) is 2.73. The van der Waals surface area contributed by atoms with Crippen LogP contribution in [-0.4, -0.2) is 31.8 Å². The maximum Gasteiger partial charge on any atom is 0.259 e. The van der Waals surface area contributed by atoms with Crippen LogP contribution in [0.15, 0.2) is 47.6 Å². The minimum atomic E-state index is -0.222. The second-order valence-electron chi connectivity index (χ2n) is 5.82. The van der Waals surface area contributed by atoms with Crippen LogP contribution in [0.3, 0.4) is 0 Å². The third-order valence-corrected chi connectivity index (χ3v) is 4.54. The minimum absolute atomic E-state index is 0.124. The molecule has 1 amide bonds. The monoisotopic (exact) mass is 372 g/mol. The van der Waals surface area contributed by atoms with Crippen LogP contribution in [0.2, 0.25) is 5.02 Å². The number of benzene rings is 2. The van der Waals surface area contributed by atoms with Crippen LogP contribution in [0.25, 0.3) is 0 Å². The molecule has 0 atom stereocenters. The maximum atomic E-state index is 11.9. The van der Waals surface area contributed by atoms with Gasteiger partial charge in [-0.25, -0.2) is 5.43 Å². The van der Waals surface area contributed by atoms with Crippen LogP contribution in [0.1, 0.15) is 25.0 Å². The Morgan fingerprint density at radius 1 is 1.15 bits per heavy atom. The molecule has 0 spiro atoms. The van der Waals surface area contributed by atoms with E-state index in [1.54, 1.807) is 6.21 Å². The molecule has 0 unspecified atom stereocenters. The predicted octanol–water partition coefficient (Wildman–Crippen LogP) is 4.06. The summed E-state index contributed by atoms with van der Waals surface area (Å²) in [5, 5.41) is 7.73. The normalized spacial score (nSPS) is 10.8.